The summed E-state index contributed by atoms with van der Waals surface area (Å²) in [6.45, 7) is 2.55. The number of carbonyl (C=O) groups is 2. The summed E-state index contributed by atoms with van der Waals surface area (Å²) in [6.07, 6.45) is 4.81. The maximum Gasteiger partial charge on any atom is 0.247 e. The smallest absolute Gasteiger partial charge is 0.247 e. The Morgan fingerprint density at radius 3 is 2.80 bits per heavy atom. The molecule has 3 aromatic rings. The molecule has 1 aliphatic rings. The topological polar surface area (TPSA) is 88.3 Å². The van der Waals surface area contributed by atoms with Gasteiger partial charge in [0.1, 0.15) is 0 Å². The highest BCUT2D eigenvalue weighted by atomic mass is 16.4. The Hall–Kier alpha value is -3.48. The summed E-state index contributed by atoms with van der Waals surface area (Å²) in [7, 11) is 0. The highest BCUT2D eigenvalue weighted by Crippen LogP contribution is 2.27. The second kappa shape index (κ2) is 8.90. The van der Waals surface area contributed by atoms with Crippen molar-refractivity contribution in [3.63, 3.8) is 0 Å². The third-order valence-corrected chi connectivity index (χ3v) is 5.30. The molecule has 1 N–H and O–H groups in total. The maximum absolute atomic E-state index is 12.8. The van der Waals surface area contributed by atoms with E-state index in [0.717, 1.165) is 30.5 Å². The molecule has 0 spiro atoms. The molecular weight excluding hydrogens is 380 g/mol. The lowest BCUT2D eigenvalue weighted by atomic mass is 10.1. The van der Waals surface area contributed by atoms with E-state index in [2.05, 4.69) is 34.6 Å². The van der Waals surface area contributed by atoms with E-state index < -0.39 is 5.92 Å². The number of hydrogen-bond acceptors (Lipinski definition) is 5. The zero-order valence-electron chi connectivity index (χ0n) is 16.9. The first-order valence-corrected chi connectivity index (χ1v) is 10.2. The molecule has 2 amide bonds. The van der Waals surface area contributed by atoms with Crippen molar-refractivity contribution >= 4 is 23.2 Å². The minimum Gasteiger partial charge on any atom is -0.423 e. The Morgan fingerprint density at radius 1 is 1.23 bits per heavy atom. The van der Waals surface area contributed by atoms with E-state index in [9.17, 15) is 9.59 Å². The number of anilines is 2. The number of unbranched alkanes of at least 4 members (excludes halogenated alkanes) is 1. The molecule has 0 saturated carbocycles. The van der Waals surface area contributed by atoms with Gasteiger partial charge >= 0.3 is 0 Å². The predicted octanol–water partition coefficient (Wildman–Crippen LogP) is 4.07. The summed E-state index contributed by atoms with van der Waals surface area (Å²) < 4.78 is 5.20. The molecule has 7 nitrogen and oxygen atoms in total. The number of hydrogen-bond donors (Lipinski definition) is 1. The zero-order valence-corrected chi connectivity index (χ0v) is 16.9. The van der Waals surface area contributed by atoms with Crippen molar-refractivity contribution in [2.24, 2.45) is 5.92 Å². The van der Waals surface area contributed by atoms with Crippen LogP contribution in [0.3, 0.4) is 0 Å². The minimum atomic E-state index is -0.399. The van der Waals surface area contributed by atoms with Gasteiger partial charge < -0.3 is 14.6 Å². The largest absolute Gasteiger partial charge is 0.423 e. The Balaban J connectivity index is 1.40. The number of amides is 2. The van der Waals surface area contributed by atoms with Crippen LogP contribution in [0.2, 0.25) is 0 Å². The summed E-state index contributed by atoms with van der Waals surface area (Å²) in [5.41, 5.74) is 3.45. The second-order valence-corrected chi connectivity index (χ2v) is 7.49. The van der Waals surface area contributed by atoms with Crippen LogP contribution in [0.4, 0.5) is 11.4 Å². The Bertz CT molecular complexity index is 1020. The van der Waals surface area contributed by atoms with Gasteiger partial charge in [0.25, 0.3) is 0 Å². The quantitative estimate of drug-likeness (QED) is 0.641. The van der Waals surface area contributed by atoms with Crippen LogP contribution in [0.15, 0.2) is 59.3 Å². The molecule has 0 radical (unpaired) electrons. The summed E-state index contributed by atoms with van der Waals surface area (Å²) in [5.74, 6) is -0.218. The molecule has 1 unspecified atom stereocenters. The number of nitrogens with zero attached hydrogens (tertiary/aromatic N) is 3. The molecule has 1 aromatic heterocycles. The lowest BCUT2D eigenvalue weighted by Crippen LogP contribution is -2.28. The van der Waals surface area contributed by atoms with E-state index in [-0.39, 0.29) is 18.2 Å². The molecule has 154 valence electrons. The third kappa shape index (κ3) is 4.40. The lowest BCUT2D eigenvalue weighted by molar-refractivity contribution is -0.122. The molecule has 1 saturated heterocycles. The second-order valence-electron chi connectivity index (χ2n) is 7.49. The Kier molecular flexibility index (Phi) is 5.88. The number of aromatic nitrogens is 2. The van der Waals surface area contributed by atoms with E-state index in [0.29, 0.717) is 18.1 Å². The molecule has 0 bridgehead atoms. The summed E-state index contributed by atoms with van der Waals surface area (Å²) in [4.78, 5) is 27.0. The first-order valence-electron chi connectivity index (χ1n) is 10.2. The molecule has 30 heavy (non-hydrogen) atoms. The third-order valence-electron chi connectivity index (χ3n) is 5.30. The van der Waals surface area contributed by atoms with Crippen LogP contribution in [-0.2, 0) is 16.0 Å². The molecule has 1 atom stereocenters. The maximum atomic E-state index is 12.8. The van der Waals surface area contributed by atoms with Crippen molar-refractivity contribution in [1.82, 2.24) is 10.2 Å². The zero-order chi connectivity index (χ0) is 20.9. The van der Waals surface area contributed by atoms with Gasteiger partial charge in [-0.15, -0.1) is 10.2 Å². The summed E-state index contributed by atoms with van der Waals surface area (Å²) in [6, 6.07) is 15.3. The number of aryl methyl sites for hydroxylation is 1. The van der Waals surface area contributed by atoms with Crippen LogP contribution >= 0.6 is 0 Å². The van der Waals surface area contributed by atoms with Gasteiger partial charge in [0.2, 0.25) is 24.1 Å². The fraction of sp³-hybridized carbons (Fsp3) is 0.304. The minimum absolute atomic E-state index is 0.0314. The van der Waals surface area contributed by atoms with E-state index in [1.165, 1.54) is 12.0 Å². The standard InChI is InChI=1S/C23H24N4O3/c1-2-3-5-16-8-10-20(11-9-16)27-14-18(13-21(27)28)22(29)25-19-7-4-6-17(12-19)23-26-24-15-30-23/h4,6-12,15,18H,2-3,5,13-14H2,1H3,(H,25,29). The summed E-state index contributed by atoms with van der Waals surface area (Å²) >= 11 is 0. The fourth-order valence-electron chi connectivity index (χ4n) is 3.63. The van der Waals surface area contributed by atoms with Gasteiger partial charge in [-0.1, -0.05) is 31.5 Å². The average molecular weight is 404 g/mol. The van der Waals surface area contributed by atoms with Crippen LogP contribution in [0.1, 0.15) is 31.7 Å². The number of rotatable bonds is 7. The molecular formula is C23H24N4O3. The number of nitrogens with one attached hydrogen (secondary N) is 1. The monoisotopic (exact) mass is 404 g/mol. The van der Waals surface area contributed by atoms with Crippen molar-refractivity contribution in [3.05, 3.63) is 60.5 Å². The van der Waals surface area contributed by atoms with Crippen molar-refractivity contribution in [2.45, 2.75) is 32.6 Å². The highest BCUT2D eigenvalue weighted by molar-refractivity contribution is 6.03. The fourth-order valence-corrected chi connectivity index (χ4v) is 3.63. The van der Waals surface area contributed by atoms with Crippen LogP contribution < -0.4 is 10.2 Å². The van der Waals surface area contributed by atoms with Gasteiger partial charge in [-0.05, 0) is 48.7 Å². The van der Waals surface area contributed by atoms with Gasteiger partial charge in [0.05, 0.1) is 5.92 Å². The van der Waals surface area contributed by atoms with E-state index >= 15 is 0 Å². The molecule has 2 aromatic carbocycles. The normalized spacial score (nSPS) is 16.1. The molecule has 1 aliphatic heterocycles. The van der Waals surface area contributed by atoms with Crippen molar-refractivity contribution in [2.75, 3.05) is 16.8 Å². The van der Waals surface area contributed by atoms with Gasteiger partial charge in [0.15, 0.2) is 0 Å². The Labute approximate surface area is 175 Å². The van der Waals surface area contributed by atoms with E-state index in [4.69, 9.17) is 4.42 Å². The molecule has 1 fully saturated rings. The average Bonchev–Trinajstić information content (AvgIpc) is 3.43. The highest BCUT2D eigenvalue weighted by Gasteiger charge is 2.35. The molecule has 7 heteroatoms. The molecule has 4 rings (SSSR count). The van der Waals surface area contributed by atoms with E-state index in [1.54, 1.807) is 23.1 Å². The SMILES string of the molecule is CCCCc1ccc(N2CC(C(=O)Nc3cccc(-c4nnco4)c3)CC2=O)cc1. The Morgan fingerprint density at radius 2 is 2.07 bits per heavy atom. The van der Waals surface area contributed by atoms with Crippen molar-refractivity contribution in [1.29, 1.82) is 0 Å². The van der Waals surface area contributed by atoms with Crippen LogP contribution in [0.25, 0.3) is 11.5 Å². The van der Waals surface area contributed by atoms with Crippen molar-refractivity contribution < 1.29 is 14.0 Å². The van der Waals surface area contributed by atoms with Gasteiger partial charge in [-0.3, -0.25) is 9.59 Å². The van der Waals surface area contributed by atoms with Gasteiger partial charge in [-0.2, -0.15) is 0 Å². The van der Waals surface area contributed by atoms with Crippen molar-refractivity contribution in [3.8, 4) is 11.5 Å². The molecule has 2 heterocycles. The number of benzene rings is 2. The number of carbonyl (C=O) groups excluding carboxylic acids is 2. The van der Waals surface area contributed by atoms with Gasteiger partial charge in [0, 0.05) is 29.9 Å². The summed E-state index contributed by atoms with van der Waals surface area (Å²) in [5, 5.41) is 10.5. The van der Waals surface area contributed by atoms with Gasteiger partial charge in [-0.25, -0.2) is 0 Å². The molecule has 0 aliphatic carbocycles. The lowest BCUT2D eigenvalue weighted by Gasteiger charge is -2.17. The van der Waals surface area contributed by atoms with Crippen LogP contribution in [0.5, 0.6) is 0 Å². The first-order chi connectivity index (χ1) is 14.6. The first kappa shape index (κ1) is 19.8. The predicted molar refractivity (Wildman–Crippen MR) is 114 cm³/mol. The van der Waals surface area contributed by atoms with Crippen LogP contribution in [-0.4, -0.2) is 28.6 Å². The van der Waals surface area contributed by atoms with Crippen LogP contribution in [0, 0.1) is 5.92 Å². The van der Waals surface area contributed by atoms with E-state index in [1.807, 2.05) is 18.2 Å².